The van der Waals surface area contributed by atoms with Gasteiger partial charge in [-0.25, -0.2) is 15.2 Å². The molecule has 0 amide bonds. The fraction of sp³-hybridized carbons (Fsp3) is 0.214. The normalized spacial score (nSPS) is 17.2. The third-order valence-corrected chi connectivity index (χ3v) is 3.08. The van der Waals surface area contributed by atoms with E-state index < -0.39 is 42.1 Å². The largest absolute Gasteiger partial charge is 0.466 e. The molecule has 0 radical (unpaired) electrons. The molecule has 0 spiro atoms. The Morgan fingerprint density at radius 2 is 1.85 bits per heavy atom. The van der Waals surface area contributed by atoms with Crippen LogP contribution in [-0.2, 0) is 0 Å². The maximum Gasteiger partial charge on any atom is 0.432 e. The van der Waals surface area contributed by atoms with Crippen molar-refractivity contribution < 1.29 is 35.5 Å². The number of nitrogens with two attached hydrogens (primary N) is 2. The summed E-state index contributed by atoms with van der Waals surface area (Å²) < 4.78 is 92.5. The number of allylic oxidation sites excluding steroid dienone is 4. The van der Waals surface area contributed by atoms with Crippen LogP contribution in [-0.4, -0.2) is 29.0 Å². The number of halogens is 7. The maximum absolute atomic E-state index is 13.8. The zero-order valence-electron chi connectivity index (χ0n) is 12.7. The number of hydrogen-bond donors (Lipinski definition) is 2. The van der Waals surface area contributed by atoms with Gasteiger partial charge < -0.3 is 10.5 Å². The summed E-state index contributed by atoms with van der Waals surface area (Å²) in [5.74, 6) is 3.29. The van der Waals surface area contributed by atoms with E-state index in [-0.39, 0.29) is 11.1 Å². The number of alkyl halides is 6. The van der Waals surface area contributed by atoms with Gasteiger partial charge in [-0.2, -0.15) is 26.3 Å². The molecule has 0 unspecified atom stereocenters. The second kappa shape index (κ2) is 6.86. The average Bonchev–Trinajstić information content (AvgIpc) is 2.51. The van der Waals surface area contributed by atoms with Gasteiger partial charge in [-0.1, -0.05) is 0 Å². The molecular weight excluding hydrogens is 373 g/mol. The van der Waals surface area contributed by atoms with E-state index in [1.807, 2.05) is 0 Å². The van der Waals surface area contributed by atoms with Crippen LogP contribution in [0.2, 0.25) is 0 Å². The third kappa shape index (κ3) is 4.65. The van der Waals surface area contributed by atoms with Crippen molar-refractivity contribution in [2.75, 3.05) is 6.61 Å². The van der Waals surface area contributed by atoms with Gasteiger partial charge in [0.25, 0.3) is 5.88 Å². The molecule has 0 atom stereocenters. The Hall–Kier alpha value is -2.76. The Kier molecular flexibility index (Phi) is 5.16. The standard InChI is InChI=1S/C14H11F7N4O/c15-9-3-8(5-24-12(9)26-6-13(16,17)18)7-1-2-25(23)10(4-7)11(22)14(19,20)21/h1-5H,6,22-23H2/b11-10-. The molecule has 5 nitrogen and oxygen atoms in total. The molecule has 26 heavy (non-hydrogen) atoms. The fourth-order valence-electron chi connectivity index (χ4n) is 1.89. The summed E-state index contributed by atoms with van der Waals surface area (Å²) in [6.45, 7) is -1.74. The highest BCUT2D eigenvalue weighted by Crippen LogP contribution is 2.31. The molecule has 0 saturated heterocycles. The number of pyridine rings is 1. The lowest BCUT2D eigenvalue weighted by Crippen LogP contribution is -2.32. The van der Waals surface area contributed by atoms with Crippen molar-refractivity contribution in [1.82, 2.24) is 9.99 Å². The molecule has 1 aromatic rings. The predicted molar refractivity (Wildman–Crippen MR) is 76.2 cm³/mol. The first-order chi connectivity index (χ1) is 11.9. The maximum atomic E-state index is 13.8. The van der Waals surface area contributed by atoms with E-state index in [9.17, 15) is 30.7 Å². The Balaban J connectivity index is 2.33. The van der Waals surface area contributed by atoms with Gasteiger partial charge in [-0.05, 0) is 23.8 Å². The molecular formula is C14H11F7N4O. The van der Waals surface area contributed by atoms with Crippen molar-refractivity contribution in [1.29, 1.82) is 0 Å². The summed E-state index contributed by atoms with van der Waals surface area (Å²) in [7, 11) is 0. The highest BCUT2D eigenvalue weighted by Gasteiger charge is 2.35. The monoisotopic (exact) mass is 384 g/mol. The van der Waals surface area contributed by atoms with Crippen LogP contribution in [0, 0.1) is 5.82 Å². The van der Waals surface area contributed by atoms with Crippen LogP contribution in [0.1, 0.15) is 5.56 Å². The summed E-state index contributed by atoms with van der Waals surface area (Å²) in [4.78, 5) is 3.41. The van der Waals surface area contributed by atoms with E-state index in [1.165, 1.54) is 6.08 Å². The minimum absolute atomic E-state index is 0.0151. The summed E-state index contributed by atoms with van der Waals surface area (Å²) in [5.41, 5.74) is 3.01. The molecule has 0 aromatic carbocycles. The van der Waals surface area contributed by atoms with E-state index in [2.05, 4.69) is 9.72 Å². The number of aromatic nitrogens is 1. The first kappa shape index (κ1) is 19.6. The number of nitrogens with zero attached hydrogens (tertiary/aromatic N) is 2. The molecule has 142 valence electrons. The topological polar surface area (TPSA) is 77.4 Å². The van der Waals surface area contributed by atoms with E-state index in [1.54, 1.807) is 0 Å². The molecule has 0 bridgehead atoms. The summed E-state index contributed by atoms with van der Waals surface area (Å²) >= 11 is 0. The summed E-state index contributed by atoms with van der Waals surface area (Å²) in [5, 5.41) is 0.622. The van der Waals surface area contributed by atoms with E-state index >= 15 is 0 Å². The van der Waals surface area contributed by atoms with Crippen molar-refractivity contribution in [2.24, 2.45) is 11.6 Å². The van der Waals surface area contributed by atoms with Gasteiger partial charge >= 0.3 is 12.4 Å². The molecule has 2 rings (SSSR count). The van der Waals surface area contributed by atoms with Gasteiger partial charge in [0.1, 0.15) is 5.70 Å². The van der Waals surface area contributed by atoms with E-state index in [0.29, 0.717) is 5.01 Å². The quantitative estimate of drug-likeness (QED) is 0.619. The number of rotatable bonds is 3. The van der Waals surface area contributed by atoms with Crippen molar-refractivity contribution >= 4 is 5.57 Å². The molecule has 0 fully saturated rings. The highest BCUT2D eigenvalue weighted by molar-refractivity contribution is 5.77. The SMILES string of the molecule is N/C(=C1/C=C(c2cnc(OCC(F)(F)F)c(F)c2)C=CN1N)C(F)(F)F. The van der Waals surface area contributed by atoms with Crippen LogP contribution < -0.4 is 16.3 Å². The molecule has 0 aliphatic carbocycles. The van der Waals surface area contributed by atoms with Gasteiger partial charge in [0.2, 0.25) is 0 Å². The number of ether oxygens (including phenoxy) is 1. The van der Waals surface area contributed by atoms with Crippen LogP contribution >= 0.6 is 0 Å². The lowest BCUT2D eigenvalue weighted by Gasteiger charge is -2.23. The van der Waals surface area contributed by atoms with Crippen molar-refractivity contribution in [3.05, 3.63) is 53.4 Å². The molecule has 1 aromatic heterocycles. The lowest BCUT2D eigenvalue weighted by molar-refractivity contribution is -0.154. The Bertz CT molecular complexity index is 780. The average molecular weight is 384 g/mol. The smallest absolute Gasteiger partial charge is 0.432 e. The molecule has 0 saturated carbocycles. The Morgan fingerprint density at radius 3 is 2.38 bits per heavy atom. The molecule has 1 aliphatic heterocycles. The Morgan fingerprint density at radius 1 is 1.19 bits per heavy atom. The highest BCUT2D eigenvalue weighted by atomic mass is 19.4. The van der Waals surface area contributed by atoms with Crippen molar-refractivity contribution in [3.63, 3.8) is 0 Å². The Labute approximate surface area is 142 Å². The van der Waals surface area contributed by atoms with Gasteiger partial charge in [-0.15, -0.1) is 0 Å². The van der Waals surface area contributed by atoms with Crippen LogP contribution in [0.5, 0.6) is 5.88 Å². The zero-order chi connectivity index (χ0) is 19.7. The fourth-order valence-corrected chi connectivity index (χ4v) is 1.89. The minimum Gasteiger partial charge on any atom is -0.466 e. The summed E-state index contributed by atoms with van der Waals surface area (Å²) in [6, 6.07) is 0.766. The minimum atomic E-state index is -4.85. The van der Waals surface area contributed by atoms with Gasteiger partial charge in [0, 0.05) is 18.0 Å². The van der Waals surface area contributed by atoms with Gasteiger partial charge in [0.05, 0.1) is 5.70 Å². The van der Waals surface area contributed by atoms with Crippen LogP contribution in [0.4, 0.5) is 30.7 Å². The van der Waals surface area contributed by atoms with Gasteiger partial charge in [-0.3, -0.25) is 5.01 Å². The first-order valence-electron chi connectivity index (χ1n) is 6.75. The molecule has 12 heteroatoms. The second-order valence-corrected chi connectivity index (χ2v) is 5.03. The van der Waals surface area contributed by atoms with Crippen LogP contribution in [0.25, 0.3) is 5.57 Å². The number of hydrazine groups is 1. The van der Waals surface area contributed by atoms with E-state index in [4.69, 9.17) is 11.6 Å². The molecule has 4 N–H and O–H groups in total. The summed E-state index contributed by atoms with van der Waals surface area (Å²) in [6.07, 6.45) is -5.34. The lowest BCUT2D eigenvalue weighted by atomic mass is 10.0. The zero-order valence-corrected chi connectivity index (χ0v) is 12.7. The van der Waals surface area contributed by atoms with Crippen LogP contribution in [0.3, 0.4) is 0 Å². The van der Waals surface area contributed by atoms with Gasteiger partial charge in [0.15, 0.2) is 12.4 Å². The molecule has 1 aliphatic rings. The van der Waals surface area contributed by atoms with E-state index in [0.717, 1.165) is 24.5 Å². The molecule has 2 heterocycles. The first-order valence-corrected chi connectivity index (χ1v) is 6.75. The van der Waals surface area contributed by atoms with Crippen molar-refractivity contribution in [3.8, 4) is 5.88 Å². The van der Waals surface area contributed by atoms with Crippen LogP contribution in [0.15, 0.2) is 42.0 Å². The second-order valence-electron chi connectivity index (χ2n) is 5.03. The van der Waals surface area contributed by atoms with Crippen molar-refractivity contribution in [2.45, 2.75) is 12.4 Å². The number of hydrogen-bond acceptors (Lipinski definition) is 5. The third-order valence-electron chi connectivity index (χ3n) is 3.08. The predicted octanol–water partition coefficient (Wildman–Crippen LogP) is 2.98.